The normalized spacial score (nSPS) is 30.7. The maximum Gasteiger partial charge on any atom is 0.126 e. The lowest BCUT2D eigenvalue weighted by Crippen LogP contribution is -2.44. The Bertz CT molecular complexity index is 455. The van der Waals surface area contributed by atoms with Crippen molar-refractivity contribution in [3.05, 3.63) is 29.6 Å². The van der Waals surface area contributed by atoms with Crippen LogP contribution >= 0.6 is 0 Å². The maximum atomic E-state index is 13.3. The van der Waals surface area contributed by atoms with Crippen LogP contribution in [0.1, 0.15) is 24.8 Å². The molecular weight excluding hydrogens is 247 g/mol. The zero-order chi connectivity index (χ0) is 13.3. The van der Waals surface area contributed by atoms with Gasteiger partial charge in [0.1, 0.15) is 17.7 Å². The maximum absolute atomic E-state index is 13.3. The van der Waals surface area contributed by atoms with E-state index in [1.807, 2.05) is 6.92 Å². The van der Waals surface area contributed by atoms with Crippen molar-refractivity contribution in [2.24, 2.45) is 0 Å². The molecule has 0 bridgehead atoms. The highest BCUT2D eigenvalue weighted by Gasteiger charge is 2.41. The highest BCUT2D eigenvalue weighted by Crippen LogP contribution is 2.35. The van der Waals surface area contributed by atoms with Crippen molar-refractivity contribution in [1.82, 2.24) is 0 Å². The number of hydrogen-bond donors (Lipinski definition) is 0. The smallest absolute Gasteiger partial charge is 0.126 e. The van der Waals surface area contributed by atoms with Gasteiger partial charge in [-0.1, -0.05) is 6.07 Å². The molecule has 104 valence electrons. The highest BCUT2D eigenvalue weighted by atomic mass is 19.1. The summed E-state index contributed by atoms with van der Waals surface area (Å²) < 4.78 is 30.6. The average molecular weight is 266 g/mol. The minimum Gasteiger partial charge on any atom is -0.490 e. The largest absolute Gasteiger partial charge is 0.490 e. The Labute approximate surface area is 112 Å². The molecule has 0 saturated carbocycles. The van der Waals surface area contributed by atoms with Gasteiger partial charge in [0.05, 0.1) is 18.8 Å². The number of aryl methyl sites for hydroxylation is 1. The Morgan fingerprint density at radius 2 is 2.26 bits per heavy atom. The highest BCUT2D eigenvalue weighted by molar-refractivity contribution is 5.32. The molecule has 0 aliphatic carbocycles. The van der Waals surface area contributed by atoms with Crippen LogP contribution in [-0.2, 0) is 9.47 Å². The van der Waals surface area contributed by atoms with Gasteiger partial charge in [-0.05, 0) is 18.6 Å². The molecule has 2 saturated heterocycles. The van der Waals surface area contributed by atoms with Crippen LogP contribution in [0.5, 0.6) is 5.75 Å². The van der Waals surface area contributed by atoms with Crippen molar-refractivity contribution >= 4 is 0 Å². The standard InChI is InChI=1S/C15H19FO3/c1-11-2-3-12(16)8-14(11)19-13-4-6-18-15(9-13)5-7-17-10-15/h2-3,8,13H,4-7,9-10H2,1H3. The van der Waals surface area contributed by atoms with Gasteiger partial charge >= 0.3 is 0 Å². The molecule has 3 nitrogen and oxygen atoms in total. The lowest BCUT2D eigenvalue weighted by molar-refractivity contribution is -0.112. The molecule has 4 heteroatoms. The quantitative estimate of drug-likeness (QED) is 0.824. The number of rotatable bonds is 2. The third kappa shape index (κ3) is 2.74. The SMILES string of the molecule is Cc1ccc(F)cc1OC1CCOC2(CCOC2)C1. The molecule has 0 radical (unpaired) electrons. The first-order chi connectivity index (χ1) is 9.17. The fourth-order valence-corrected chi connectivity index (χ4v) is 2.83. The summed E-state index contributed by atoms with van der Waals surface area (Å²) in [4.78, 5) is 0. The zero-order valence-corrected chi connectivity index (χ0v) is 11.2. The molecular formula is C15H19FO3. The Balaban J connectivity index is 1.70. The third-order valence-electron chi connectivity index (χ3n) is 3.96. The Kier molecular flexibility index (Phi) is 3.46. The molecule has 3 rings (SSSR count). The van der Waals surface area contributed by atoms with Gasteiger partial charge in [0.2, 0.25) is 0 Å². The lowest BCUT2D eigenvalue weighted by atomic mass is 9.91. The summed E-state index contributed by atoms with van der Waals surface area (Å²) in [5.41, 5.74) is 0.786. The van der Waals surface area contributed by atoms with Crippen LogP contribution < -0.4 is 4.74 Å². The second-order valence-electron chi connectivity index (χ2n) is 5.48. The van der Waals surface area contributed by atoms with Crippen LogP contribution in [0.4, 0.5) is 4.39 Å². The van der Waals surface area contributed by atoms with E-state index in [9.17, 15) is 4.39 Å². The van der Waals surface area contributed by atoms with E-state index in [1.54, 1.807) is 6.07 Å². The van der Waals surface area contributed by atoms with Crippen LogP contribution in [0.3, 0.4) is 0 Å². The van der Waals surface area contributed by atoms with Gasteiger partial charge in [-0.15, -0.1) is 0 Å². The zero-order valence-electron chi connectivity index (χ0n) is 11.2. The van der Waals surface area contributed by atoms with Gasteiger partial charge in [-0.25, -0.2) is 4.39 Å². The topological polar surface area (TPSA) is 27.7 Å². The van der Waals surface area contributed by atoms with Gasteiger partial charge in [0.25, 0.3) is 0 Å². The number of ether oxygens (including phenoxy) is 3. The third-order valence-corrected chi connectivity index (χ3v) is 3.96. The fraction of sp³-hybridized carbons (Fsp3) is 0.600. The second-order valence-corrected chi connectivity index (χ2v) is 5.48. The monoisotopic (exact) mass is 266 g/mol. The van der Waals surface area contributed by atoms with Crippen molar-refractivity contribution < 1.29 is 18.6 Å². The summed E-state index contributed by atoms with van der Waals surface area (Å²) in [6.45, 7) is 4.02. The molecule has 2 heterocycles. The van der Waals surface area contributed by atoms with E-state index < -0.39 is 0 Å². The van der Waals surface area contributed by atoms with E-state index in [4.69, 9.17) is 14.2 Å². The van der Waals surface area contributed by atoms with Crippen LogP contribution in [0, 0.1) is 12.7 Å². The summed E-state index contributed by atoms with van der Waals surface area (Å²) in [6.07, 6.45) is 2.67. The van der Waals surface area contributed by atoms with Crippen molar-refractivity contribution in [2.45, 2.75) is 37.9 Å². The second kappa shape index (κ2) is 5.10. The van der Waals surface area contributed by atoms with E-state index >= 15 is 0 Å². The first-order valence-electron chi connectivity index (χ1n) is 6.81. The van der Waals surface area contributed by atoms with E-state index in [-0.39, 0.29) is 17.5 Å². The van der Waals surface area contributed by atoms with E-state index in [0.29, 0.717) is 19.0 Å². The Morgan fingerprint density at radius 1 is 1.37 bits per heavy atom. The minimum atomic E-state index is -0.258. The number of hydrogen-bond acceptors (Lipinski definition) is 3. The minimum absolute atomic E-state index is 0.0796. The first kappa shape index (κ1) is 12.9. The molecule has 2 aliphatic heterocycles. The summed E-state index contributed by atoms with van der Waals surface area (Å²) in [7, 11) is 0. The molecule has 0 amide bonds. The van der Waals surface area contributed by atoms with Crippen LogP contribution in [0.2, 0.25) is 0 Å². The van der Waals surface area contributed by atoms with Crippen LogP contribution in [-0.4, -0.2) is 31.5 Å². The Hall–Kier alpha value is -1.13. The average Bonchev–Trinajstić information content (AvgIpc) is 2.82. The summed E-state index contributed by atoms with van der Waals surface area (Å²) in [6, 6.07) is 4.67. The predicted octanol–water partition coefficient (Wildman–Crippen LogP) is 2.85. The van der Waals surface area contributed by atoms with Crippen molar-refractivity contribution in [2.75, 3.05) is 19.8 Å². The van der Waals surface area contributed by atoms with E-state index in [1.165, 1.54) is 12.1 Å². The van der Waals surface area contributed by atoms with Crippen molar-refractivity contribution in [3.63, 3.8) is 0 Å². The molecule has 2 unspecified atom stereocenters. The van der Waals surface area contributed by atoms with Gasteiger partial charge in [-0.2, -0.15) is 0 Å². The van der Waals surface area contributed by atoms with Crippen LogP contribution in [0.25, 0.3) is 0 Å². The van der Waals surface area contributed by atoms with Crippen LogP contribution in [0.15, 0.2) is 18.2 Å². The van der Waals surface area contributed by atoms with Gasteiger partial charge in [0.15, 0.2) is 0 Å². The first-order valence-corrected chi connectivity index (χ1v) is 6.81. The van der Waals surface area contributed by atoms with Gasteiger partial charge in [0, 0.05) is 31.9 Å². The molecule has 19 heavy (non-hydrogen) atoms. The fourth-order valence-electron chi connectivity index (χ4n) is 2.83. The van der Waals surface area contributed by atoms with Gasteiger partial charge < -0.3 is 14.2 Å². The molecule has 1 aromatic rings. The summed E-state index contributed by atoms with van der Waals surface area (Å²) in [5.74, 6) is 0.382. The lowest BCUT2D eigenvalue weighted by Gasteiger charge is -2.37. The molecule has 1 spiro atoms. The van der Waals surface area contributed by atoms with Gasteiger partial charge in [-0.3, -0.25) is 0 Å². The molecule has 2 fully saturated rings. The summed E-state index contributed by atoms with van der Waals surface area (Å²) in [5, 5.41) is 0. The summed E-state index contributed by atoms with van der Waals surface area (Å²) >= 11 is 0. The van der Waals surface area contributed by atoms with E-state index in [2.05, 4.69) is 0 Å². The molecule has 2 atom stereocenters. The molecule has 0 aromatic heterocycles. The number of benzene rings is 1. The van der Waals surface area contributed by atoms with E-state index in [0.717, 1.165) is 31.4 Å². The molecule has 0 N–H and O–H groups in total. The Morgan fingerprint density at radius 3 is 3.05 bits per heavy atom. The molecule has 1 aromatic carbocycles. The number of halogens is 1. The predicted molar refractivity (Wildman–Crippen MR) is 68.9 cm³/mol. The molecule has 2 aliphatic rings. The van der Waals surface area contributed by atoms with Crippen molar-refractivity contribution in [3.8, 4) is 5.75 Å². The van der Waals surface area contributed by atoms with Crippen molar-refractivity contribution in [1.29, 1.82) is 0 Å².